The highest BCUT2D eigenvalue weighted by Crippen LogP contribution is 2.40. The smallest absolute Gasteiger partial charge is 0.0647 e. The van der Waals surface area contributed by atoms with Gasteiger partial charge in [0.05, 0.1) is 10.8 Å². The molecule has 0 bridgehead atoms. The van der Waals surface area contributed by atoms with Crippen molar-refractivity contribution in [3.8, 4) is 0 Å². The SMILES string of the molecule is c1cc2cc[cH+]c3c2c(c1)cc1cc2cccc4cc[cH-]c(c42)c13. The third kappa shape index (κ3) is 1.43. The molecule has 0 unspecified atom stereocenters. The Morgan fingerprint density at radius 3 is 2.17 bits per heavy atom. The zero-order chi connectivity index (χ0) is 15.7. The summed E-state index contributed by atoms with van der Waals surface area (Å²) in [7, 11) is 0. The first-order valence-corrected chi connectivity index (χ1v) is 8.38. The van der Waals surface area contributed by atoms with Gasteiger partial charge in [0.1, 0.15) is 0 Å². The van der Waals surface area contributed by atoms with Crippen molar-refractivity contribution in [3.63, 3.8) is 0 Å². The molecule has 110 valence electrons. The Morgan fingerprint density at radius 1 is 0.625 bits per heavy atom. The highest BCUT2D eigenvalue weighted by atomic mass is 14.1. The molecule has 0 spiro atoms. The third-order valence-electron chi connectivity index (χ3n) is 5.32. The minimum atomic E-state index is 1.32. The molecule has 6 aromatic carbocycles. The largest absolute Gasteiger partial charge is 0.145 e. The van der Waals surface area contributed by atoms with Crippen LogP contribution in [0.5, 0.6) is 0 Å². The molecule has 0 aliphatic rings. The lowest BCUT2D eigenvalue weighted by Gasteiger charge is -2.17. The predicted molar refractivity (Wildman–Crippen MR) is 105 cm³/mol. The summed E-state index contributed by atoms with van der Waals surface area (Å²) in [5.74, 6) is 0. The molecule has 0 saturated heterocycles. The van der Waals surface area contributed by atoms with Gasteiger partial charge < -0.3 is 0 Å². The van der Waals surface area contributed by atoms with E-state index in [0.29, 0.717) is 0 Å². The summed E-state index contributed by atoms with van der Waals surface area (Å²) in [5, 5.41) is 13.5. The van der Waals surface area contributed by atoms with Crippen LogP contribution in [0, 0.1) is 0 Å². The summed E-state index contributed by atoms with van der Waals surface area (Å²) in [6, 6.07) is 31.2. The summed E-state index contributed by atoms with van der Waals surface area (Å²) < 4.78 is 0. The number of benzene rings is 6. The van der Waals surface area contributed by atoms with Gasteiger partial charge in [-0.25, -0.2) is 0 Å². The summed E-state index contributed by atoms with van der Waals surface area (Å²) in [6.45, 7) is 0. The number of rotatable bonds is 0. The van der Waals surface area contributed by atoms with E-state index in [1.165, 1.54) is 53.9 Å². The molecular formula is C24H14. The molecule has 0 heterocycles. The van der Waals surface area contributed by atoms with E-state index in [0.717, 1.165) is 0 Å². The van der Waals surface area contributed by atoms with Crippen molar-refractivity contribution in [2.24, 2.45) is 0 Å². The lowest BCUT2D eigenvalue weighted by atomic mass is 9.89. The standard InChI is InChI=1S/C24H14/c1-5-15-7-3-11-20-22(15)17(9-1)13-19-14-18-10-2-6-16-8-4-12-21(23(16)18)24(19)20/h1-14H. The van der Waals surface area contributed by atoms with E-state index in [1.54, 1.807) is 0 Å². The Labute approximate surface area is 139 Å². The van der Waals surface area contributed by atoms with Crippen molar-refractivity contribution < 1.29 is 0 Å². The second-order valence-electron chi connectivity index (χ2n) is 6.62. The van der Waals surface area contributed by atoms with E-state index in [-0.39, 0.29) is 0 Å². The van der Waals surface area contributed by atoms with Gasteiger partial charge in [0, 0.05) is 29.0 Å². The van der Waals surface area contributed by atoms with Crippen molar-refractivity contribution in [1.82, 2.24) is 0 Å². The predicted octanol–water partition coefficient (Wildman–Crippen LogP) is 6.89. The van der Waals surface area contributed by atoms with Crippen LogP contribution in [0.2, 0.25) is 0 Å². The van der Waals surface area contributed by atoms with E-state index < -0.39 is 0 Å². The first kappa shape index (κ1) is 12.3. The molecule has 0 saturated carbocycles. The molecule has 0 aliphatic carbocycles. The van der Waals surface area contributed by atoms with Gasteiger partial charge in [0.15, 0.2) is 0 Å². The molecule has 0 aromatic heterocycles. The molecule has 24 heavy (non-hydrogen) atoms. The summed E-state index contributed by atoms with van der Waals surface area (Å²) in [4.78, 5) is 0. The van der Waals surface area contributed by atoms with Crippen LogP contribution in [0.15, 0.2) is 84.9 Å². The second kappa shape index (κ2) is 4.24. The Morgan fingerprint density at radius 2 is 1.33 bits per heavy atom. The maximum atomic E-state index is 2.35. The van der Waals surface area contributed by atoms with Crippen molar-refractivity contribution in [3.05, 3.63) is 84.9 Å². The van der Waals surface area contributed by atoms with E-state index in [9.17, 15) is 0 Å². The van der Waals surface area contributed by atoms with Gasteiger partial charge >= 0.3 is 0 Å². The fraction of sp³-hybridized carbons (Fsp3) is 0. The Bertz CT molecular complexity index is 1270. The lowest BCUT2D eigenvalue weighted by molar-refractivity contribution is 1.79. The molecular weight excluding hydrogens is 288 g/mol. The molecule has 6 rings (SSSR count). The van der Waals surface area contributed by atoms with Crippen LogP contribution in [-0.4, -0.2) is 0 Å². The maximum absolute atomic E-state index is 2.35. The van der Waals surface area contributed by atoms with E-state index in [1.807, 2.05) is 0 Å². The van der Waals surface area contributed by atoms with Gasteiger partial charge in [-0.3, -0.25) is 0 Å². The van der Waals surface area contributed by atoms with Gasteiger partial charge in [-0.2, -0.15) is 0 Å². The molecule has 0 atom stereocenters. The molecule has 0 fully saturated rings. The molecule has 0 aliphatic heterocycles. The number of hydrogen-bond acceptors (Lipinski definition) is 0. The minimum Gasteiger partial charge on any atom is -0.145 e. The normalized spacial score (nSPS) is 12.2. The summed E-state index contributed by atoms with van der Waals surface area (Å²) >= 11 is 0. The Balaban J connectivity index is 2.05. The molecule has 0 radical (unpaired) electrons. The van der Waals surface area contributed by atoms with Crippen molar-refractivity contribution in [1.29, 1.82) is 0 Å². The zero-order valence-electron chi connectivity index (χ0n) is 13.1. The molecule has 0 N–H and O–H groups in total. The zero-order valence-corrected chi connectivity index (χ0v) is 13.1. The van der Waals surface area contributed by atoms with Crippen molar-refractivity contribution in [2.45, 2.75) is 0 Å². The Kier molecular flexibility index (Phi) is 2.18. The van der Waals surface area contributed by atoms with E-state index in [2.05, 4.69) is 84.9 Å². The summed E-state index contributed by atoms with van der Waals surface area (Å²) in [6.07, 6.45) is 0. The topological polar surface area (TPSA) is 0 Å². The molecule has 0 amide bonds. The second-order valence-corrected chi connectivity index (χ2v) is 6.62. The fourth-order valence-electron chi connectivity index (χ4n) is 4.37. The first-order valence-electron chi connectivity index (χ1n) is 8.38. The van der Waals surface area contributed by atoms with Crippen LogP contribution in [0.1, 0.15) is 0 Å². The highest BCUT2D eigenvalue weighted by molar-refractivity contribution is 6.31. The van der Waals surface area contributed by atoms with Crippen molar-refractivity contribution >= 4 is 53.9 Å². The average Bonchev–Trinajstić information content (AvgIpc) is 2.62. The van der Waals surface area contributed by atoms with E-state index in [4.69, 9.17) is 0 Å². The number of fused-ring (bicyclic) bond motifs is 3. The summed E-state index contributed by atoms with van der Waals surface area (Å²) in [5.41, 5.74) is 0. The van der Waals surface area contributed by atoms with Gasteiger partial charge in [-0.1, -0.05) is 51.9 Å². The molecule has 0 nitrogen and oxygen atoms in total. The maximum Gasteiger partial charge on any atom is 0.0647 e. The van der Waals surface area contributed by atoms with Gasteiger partial charge in [0.2, 0.25) is 0 Å². The molecule has 0 heteroatoms. The van der Waals surface area contributed by atoms with Gasteiger partial charge in [-0.05, 0) is 18.2 Å². The van der Waals surface area contributed by atoms with Crippen LogP contribution in [0.3, 0.4) is 0 Å². The highest BCUT2D eigenvalue weighted by Gasteiger charge is 2.11. The fourth-order valence-corrected chi connectivity index (χ4v) is 4.37. The lowest BCUT2D eigenvalue weighted by Crippen LogP contribution is -1.86. The van der Waals surface area contributed by atoms with Gasteiger partial charge in [0.25, 0.3) is 0 Å². The number of hydrogen-bond donors (Lipinski definition) is 0. The minimum absolute atomic E-state index is 1.32. The van der Waals surface area contributed by atoms with Crippen LogP contribution < -0.4 is 0 Å². The third-order valence-corrected chi connectivity index (χ3v) is 5.32. The van der Waals surface area contributed by atoms with Gasteiger partial charge in [-0.15, -0.1) is 29.0 Å². The van der Waals surface area contributed by atoms with Crippen LogP contribution in [0.25, 0.3) is 53.9 Å². The van der Waals surface area contributed by atoms with Crippen LogP contribution in [0.4, 0.5) is 0 Å². The Hall–Kier alpha value is -3.12. The quantitative estimate of drug-likeness (QED) is 0.163. The monoisotopic (exact) mass is 302 g/mol. The van der Waals surface area contributed by atoms with Crippen LogP contribution in [-0.2, 0) is 0 Å². The first-order chi connectivity index (χ1) is 11.9. The van der Waals surface area contributed by atoms with Crippen LogP contribution >= 0.6 is 0 Å². The van der Waals surface area contributed by atoms with E-state index >= 15 is 0 Å². The van der Waals surface area contributed by atoms with Crippen molar-refractivity contribution in [2.75, 3.05) is 0 Å². The molecule has 6 aromatic rings. The average molecular weight is 302 g/mol.